The molecule has 3 aromatic rings. The number of ether oxygens (including phenoxy) is 2. The molecule has 0 saturated carbocycles. The first-order chi connectivity index (χ1) is 15.0. The van der Waals surface area contributed by atoms with Gasteiger partial charge in [0.2, 0.25) is 0 Å². The van der Waals surface area contributed by atoms with E-state index >= 15 is 0 Å². The minimum atomic E-state index is -0.599. The highest BCUT2D eigenvalue weighted by atomic mass is 35.5. The molecule has 0 bridgehead atoms. The monoisotopic (exact) mass is 458 g/mol. The molecule has 0 atom stereocenters. The van der Waals surface area contributed by atoms with Gasteiger partial charge in [-0.15, -0.1) is 0 Å². The van der Waals surface area contributed by atoms with Crippen molar-refractivity contribution in [1.29, 1.82) is 0 Å². The molecule has 1 amide bonds. The molecule has 0 aliphatic carbocycles. The van der Waals surface area contributed by atoms with Crippen molar-refractivity contribution < 1.29 is 19.1 Å². The fraction of sp³-hybridized carbons (Fsp3) is 0.174. The Hall–Kier alpha value is -3.09. The molecule has 6 nitrogen and oxygen atoms in total. The minimum absolute atomic E-state index is 0.172. The summed E-state index contributed by atoms with van der Waals surface area (Å²) in [5.74, 6) is -0.579. The van der Waals surface area contributed by atoms with Crippen molar-refractivity contribution >= 4 is 40.8 Å². The number of carbonyl (C=O) groups is 2. The maximum absolute atomic E-state index is 12.6. The Kier molecular flexibility index (Phi) is 7.87. The Balaban J connectivity index is 1.69. The number of amides is 1. The van der Waals surface area contributed by atoms with Crippen molar-refractivity contribution in [2.45, 2.75) is 12.8 Å². The number of aryl methyl sites for hydroxylation is 1. The first-order valence-corrected chi connectivity index (χ1v) is 10.2. The zero-order valence-corrected chi connectivity index (χ0v) is 18.2. The number of pyridine rings is 1. The summed E-state index contributed by atoms with van der Waals surface area (Å²) in [6.45, 7) is 0.460. The molecule has 1 heterocycles. The molecule has 160 valence electrons. The van der Waals surface area contributed by atoms with E-state index in [9.17, 15) is 9.59 Å². The summed E-state index contributed by atoms with van der Waals surface area (Å²) in [5.41, 5.74) is 1.81. The highest BCUT2D eigenvalue weighted by molar-refractivity contribution is 6.37. The first kappa shape index (κ1) is 22.6. The summed E-state index contributed by atoms with van der Waals surface area (Å²) >= 11 is 12.0. The Morgan fingerprint density at radius 1 is 1.06 bits per heavy atom. The number of anilines is 1. The normalized spacial score (nSPS) is 10.4. The predicted octanol–water partition coefficient (Wildman–Crippen LogP) is 5.44. The van der Waals surface area contributed by atoms with Gasteiger partial charge in [-0.05, 0) is 60.9 Å². The molecule has 1 N–H and O–H groups in total. The Morgan fingerprint density at radius 3 is 2.61 bits per heavy atom. The van der Waals surface area contributed by atoms with Crippen LogP contribution < -0.4 is 10.1 Å². The lowest BCUT2D eigenvalue weighted by Crippen LogP contribution is -2.16. The number of esters is 1. The zero-order valence-electron chi connectivity index (χ0n) is 16.7. The number of aromatic nitrogens is 1. The number of methoxy groups -OCH3 is 1. The molecule has 2 aromatic carbocycles. The van der Waals surface area contributed by atoms with Crippen LogP contribution in [0.1, 0.15) is 32.7 Å². The average Bonchev–Trinajstić information content (AvgIpc) is 2.77. The largest absolute Gasteiger partial charge is 0.494 e. The van der Waals surface area contributed by atoms with Gasteiger partial charge in [0.1, 0.15) is 5.75 Å². The van der Waals surface area contributed by atoms with Crippen LogP contribution >= 0.6 is 23.2 Å². The molecule has 31 heavy (non-hydrogen) atoms. The van der Waals surface area contributed by atoms with Crippen molar-refractivity contribution in [3.63, 3.8) is 0 Å². The molecule has 0 unspecified atom stereocenters. The molecule has 3 rings (SSSR count). The number of nitrogens with one attached hydrogen (secondary N) is 1. The van der Waals surface area contributed by atoms with Crippen LogP contribution in [-0.4, -0.2) is 30.6 Å². The third-order valence-electron chi connectivity index (χ3n) is 4.42. The highest BCUT2D eigenvalue weighted by Gasteiger charge is 2.18. The maximum Gasteiger partial charge on any atom is 0.340 e. The van der Waals surface area contributed by atoms with Crippen LogP contribution in [-0.2, 0) is 11.2 Å². The average molecular weight is 459 g/mol. The quantitative estimate of drug-likeness (QED) is 0.359. The van der Waals surface area contributed by atoms with Gasteiger partial charge in [-0.25, -0.2) is 4.79 Å². The molecule has 8 heteroatoms. The highest BCUT2D eigenvalue weighted by Crippen LogP contribution is 2.26. The first-order valence-electron chi connectivity index (χ1n) is 9.48. The maximum atomic E-state index is 12.6. The van der Waals surface area contributed by atoms with Gasteiger partial charge in [0.05, 0.1) is 35.6 Å². The lowest BCUT2D eigenvalue weighted by molar-refractivity contribution is 0.0601. The zero-order chi connectivity index (χ0) is 22.2. The van der Waals surface area contributed by atoms with E-state index in [0.717, 1.165) is 18.4 Å². The van der Waals surface area contributed by atoms with Gasteiger partial charge in [0, 0.05) is 17.4 Å². The fourth-order valence-electron chi connectivity index (χ4n) is 2.88. The van der Waals surface area contributed by atoms with Gasteiger partial charge in [0.15, 0.2) is 0 Å². The summed E-state index contributed by atoms with van der Waals surface area (Å²) in [5, 5.41) is 3.31. The predicted molar refractivity (Wildman–Crippen MR) is 120 cm³/mol. The third-order valence-corrected chi connectivity index (χ3v) is 4.97. The van der Waals surface area contributed by atoms with E-state index in [1.54, 1.807) is 24.4 Å². The van der Waals surface area contributed by atoms with Crippen LogP contribution in [0, 0.1) is 0 Å². The number of carbonyl (C=O) groups excluding carboxylic acids is 2. The van der Waals surface area contributed by atoms with Crippen molar-refractivity contribution in [1.82, 2.24) is 4.98 Å². The number of hydrogen-bond acceptors (Lipinski definition) is 5. The van der Waals surface area contributed by atoms with Crippen LogP contribution in [0.5, 0.6) is 5.75 Å². The van der Waals surface area contributed by atoms with E-state index in [-0.39, 0.29) is 21.8 Å². The van der Waals surface area contributed by atoms with E-state index in [1.807, 2.05) is 18.3 Å². The standard InChI is InChI=1S/C23H20Cl2N2O4/c1-30-23(29)19-13-17(31-11-3-5-15-4-2-10-26-14-15)7-9-21(19)27-22(28)18-8-6-16(24)12-20(18)25/h2,4,6-10,12-14H,3,5,11H2,1H3,(H,27,28). The van der Waals surface area contributed by atoms with Gasteiger partial charge in [-0.1, -0.05) is 29.3 Å². The number of rotatable bonds is 8. The summed E-state index contributed by atoms with van der Waals surface area (Å²) in [6, 6.07) is 13.2. The van der Waals surface area contributed by atoms with Gasteiger partial charge in [-0.2, -0.15) is 0 Å². The SMILES string of the molecule is COC(=O)c1cc(OCCCc2cccnc2)ccc1NC(=O)c1ccc(Cl)cc1Cl. The van der Waals surface area contributed by atoms with Crippen molar-refractivity contribution in [2.75, 3.05) is 19.0 Å². The van der Waals surface area contributed by atoms with Crippen LogP contribution in [0.2, 0.25) is 10.0 Å². The van der Waals surface area contributed by atoms with E-state index in [0.29, 0.717) is 17.4 Å². The molecule has 0 saturated heterocycles. The minimum Gasteiger partial charge on any atom is -0.494 e. The lowest BCUT2D eigenvalue weighted by Gasteiger charge is -2.13. The molecular weight excluding hydrogens is 439 g/mol. The summed E-state index contributed by atoms with van der Waals surface area (Å²) in [6.07, 6.45) is 5.16. The smallest absolute Gasteiger partial charge is 0.340 e. The number of halogens is 2. The molecule has 0 aliphatic heterocycles. The van der Waals surface area contributed by atoms with Gasteiger partial charge < -0.3 is 14.8 Å². The summed E-state index contributed by atoms with van der Waals surface area (Å²) in [7, 11) is 1.27. The second-order valence-corrected chi connectivity index (χ2v) is 7.43. The third kappa shape index (κ3) is 6.20. The molecule has 1 aromatic heterocycles. The molecule has 0 radical (unpaired) electrons. The molecule has 0 aliphatic rings. The van der Waals surface area contributed by atoms with E-state index < -0.39 is 11.9 Å². The van der Waals surface area contributed by atoms with Crippen molar-refractivity contribution in [3.8, 4) is 5.75 Å². The van der Waals surface area contributed by atoms with Crippen molar-refractivity contribution in [2.24, 2.45) is 0 Å². The summed E-state index contributed by atoms with van der Waals surface area (Å²) in [4.78, 5) is 28.9. The summed E-state index contributed by atoms with van der Waals surface area (Å²) < 4.78 is 10.6. The molecule has 0 spiro atoms. The second-order valence-electron chi connectivity index (χ2n) is 6.59. The molecular formula is C23H20Cl2N2O4. The molecule has 0 fully saturated rings. The van der Waals surface area contributed by atoms with Crippen LogP contribution in [0.4, 0.5) is 5.69 Å². The van der Waals surface area contributed by atoms with E-state index in [2.05, 4.69) is 10.3 Å². The topological polar surface area (TPSA) is 77.5 Å². The van der Waals surface area contributed by atoms with Gasteiger partial charge in [-0.3, -0.25) is 9.78 Å². The number of nitrogens with zero attached hydrogens (tertiary/aromatic N) is 1. The Morgan fingerprint density at radius 2 is 1.90 bits per heavy atom. The fourth-order valence-corrected chi connectivity index (χ4v) is 3.37. The van der Waals surface area contributed by atoms with E-state index in [4.69, 9.17) is 32.7 Å². The Bertz CT molecular complexity index is 1070. The number of benzene rings is 2. The second kappa shape index (κ2) is 10.8. The van der Waals surface area contributed by atoms with Crippen molar-refractivity contribution in [3.05, 3.63) is 87.7 Å². The van der Waals surface area contributed by atoms with E-state index in [1.165, 1.54) is 25.3 Å². The van der Waals surface area contributed by atoms with Crippen LogP contribution in [0.3, 0.4) is 0 Å². The number of hydrogen-bond donors (Lipinski definition) is 1. The lowest BCUT2D eigenvalue weighted by atomic mass is 10.1. The van der Waals surface area contributed by atoms with Gasteiger partial charge in [0.25, 0.3) is 5.91 Å². The van der Waals surface area contributed by atoms with Gasteiger partial charge >= 0.3 is 5.97 Å². The van der Waals surface area contributed by atoms with Crippen LogP contribution in [0.25, 0.3) is 0 Å². The van der Waals surface area contributed by atoms with Crippen LogP contribution in [0.15, 0.2) is 60.9 Å². The Labute approximate surface area is 190 Å².